The molecule has 0 bridgehead atoms. The predicted octanol–water partition coefficient (Wildman–Crippen LogP) is 14.1. The van der Waals surface area contributed by atoms with Gasteiger partial charge in [-0.3, -0.25) is 0 Å². The van der Waals surface area contributed by atoms with Crippen LogP contribution in [0.5, 0.6) is 0 Å². The molecule has 8 aromatic carbocycles. The van der Waals surface area contributed by atoms with Crippen molar-refractivity contribution in [1.82, 2.24) is 15.0 Å². The molecule has 0 aliphatic carbocycles. The highest BCUT2D eigenvalue weighted by atomic mass is 32.1. The second-order valence-electron chi connectivity index (χ2n) is 13.6. The van der Waals surface area contributed by atoms with Crippen molar-refractivity contribution in [3.8, 4) is 67.5 Å². The van der Waals surface area contributed by atoms with Crippen LogP contribution in [0.3, 0.4) is 0 Å². The standard InChI is InChI=1S/C51H31N3OS/c1-4-14-32(15-5-1)37-21-12-23-42-43-24-13-22-41(48(43)56-47(37)42)38-28-26-35(30-44(38)33-16-6-2-7-17-33)50-52-49(34-18-8-3-9-19-34)53-51(54-50)36-27-29-40-39-20-10-11-25-45(39)55-46(40)31-36/h1-31H/i3D,8D,9D,18D,19D. The lowest BCUT2D eigenvalue weighted by molar-refractivity contribution is 0.669. The maximum atomic E-state index is 8.84. The summed E-state index contributed by atoms with van der Waals surface area (Å²) < 4.78 is 51.5. The van der Waals surface area contributed by atoms with E-state index in [1.165, 1.54) is 31.3 Å². The molecular weight excluding hydrogens is 703 g/mol. The van der Waals surface area contributed by atoms with E-state index in [0.29, 0.717) is 16.7 Å². The van der Waals surface area contributed by atoms with Gasteiger partial charge in [0.2, 0.25) is 0 Å². The molecular formula is C51H31N3OS. The van der Waals surface area contributed by atoms with Crippen LogP contribution in [0.4, 0.5) is 0 Å². The topological polar surface area (TPSA) is 51.8 Å². The number of benzene rings is 8. The first-order valence-electron chi connectivity index (χ1n) is 20.8. The molecule has 0 radical (unpaired) electrons. The first kappa shape index (κ1) is 27.4. The average Bonchev–Trinajstić information content (AvgIpc) is 3.89. The summed E-state index contributed by atoms with van der Waals surface area (Å²) in [5.41, 5.74) is 9.04. The van der Waals surface area contributed by atoms with Crippen molar-refractivity contribution >= 4 is 53.4 Å². The molecule has 0 aliphatic rings. The van der Waals surface area contributed by atoms with Crippen molar-refractivity contribution in [2.24, 2.45) is 0 Å². The zero-order valence-electron chi connectivity index (χ0n) is 34.7. The second-order valence-corrected chi connectivity index (χ2v) is 14.6. The van der Waals surface area contributed by atoms with Gasteiger partial charge in [0.1, 0.15) is 11.2 Å². The molecule has 0 aliphatic heterocycles. The van der Waals surface area contributed by atoms with Crippen molar-refractivity contribution in [1.29, 1.82) is 0 Å². The SMILES string of the molecule is [2H]c1c([2H])c([2H])c(-c2nc(-c3ccc(-c4cccc5c4sc4c(-c6ccccc6)cccc45)c(-c4ccccc4)c3)nc(-c3ccc4c(c3)oc3ccccc34)n2)c([2H])c1[2H]. The number of para-hydroxylation sites is 1. The van der Waals surface area contributed by atoms with E-state index >= 15 is 0 Å². The van der Waals surface area contributed by atoms with Gasteiger partial charge in [-0.05, 0) is 52.1 Å². The Morgan fingerprint density at radius 3 is 1.66 bits per heavy atom. The Morgan fingerprint density at radius 1 is 0.375 bits per heavy atom. The van der Waals surface area contributed by atoms with Crippen LogP contribution in [-0.4, -0.2) is 15.0 Å². The molecule has 3 aromatic heterocycles. The zero-order chi connectivity index (χ0) is 41.4. The zero-order valence-corrected chi connectivity index (χ0v) is 30.5. The van der Waals surface area contributed by atoms with Crippen molar-refractivity contribution in [3.63, 3.8) is 0 Å². The van der Waals surface area contributed by atoms with Crippen LogP contribution in [0.1, 0.15) is 6.85 Å². The molecule has 56 heavy (non-hydrogen) atoms. The van der Waals surface area contributed by atoms with Crippen LogP contribution >= 0.6 is 11.3 Å². The molecule has 0 saturated heterocycles. The summed E-state index contributed by atoms with van der Waals surface area (Å²) in [4.78, 5) is 14.7. The summed E-state index contributed by atoms with van der Waals surface area (Å²) in [5, 5.41) is 4.31. The van der Waals surface area contributed by atoms with E-state index < -0.39 is 30.2 Å². The number of hydrogen-bond donors (Lipinski definition) is 0. The molecule has 0 fully saturated rings. The fraction of sp³-hybridized carbons (Fsp3) is 0. The largest absolute Gasteiger partial charge is 0.456 e. The van der Waals surface area contributed by atoms with Crippen molar-refractivity contribution in [3.05, 3.63) is 188 Å². The summed E-state index contributed by atoms with van der Waals surface area (Å²) in [6.45, 7) is 0. The minimum absolute atomic E-state index is 0.0312. The summed E-state index contributed by atoms with van der Waals surface area (Å²) in [6.07, 6.45) is 0. The summed E-state index contributed by atoms with van der Waals surface area (Å²) in [7, 11) is 0. The van der Waals surface area contributed by atoms with Crippen LogP contribution in [0, 0.1) is 0 Å². The van der Waals surface area contributed by atoms with Crippen LogP contribution in [-0.2, 0) is 0 Å². The quantitative estimate of drug-likeness (QED) is 0.170. The molecule has 3 heterocycles. The van der Waals surface area contributed by atoms with E-state index in [4.69, 9.17) is 26.2 Å². The van der Waals surface area contributed by atoms with Gasteiger partial charge in [0.05, 0.1) is 6.85 Å². The van der Waals surface area contributed by atoms with Gasteiger partial charge in [-0.15, -0.1) is 11.3 Å². The third kappa shape index (κ3) is 5.48. The number of furan rings is 1. The van der Waals surface area contributed by atoms with Gasteiger partial charge in [0, 0.05) is 53.2 Å². The van der Waals surface area contributed by atoms with Gasteiger partial charge >= 0.3 is 0 Å². The minimum Gasteiger partial charge on any atom is -0.456 e. The van der Waals surface area contributed by atoms with Gasteiger partial charge in [-0.1, -0.05) is 164 Å². The van der Waals surface area contributed by atoms with Crippen LogP contribution in [0.25, 0.3) is 110 Å². The van der Waals surface area contributed by atoms with E-state index in [0.717, 1.165) is 38.6 Å². The van der Waals surface area contributed by atoms with Crippen LogP contribution < -0.4 is 0 Å². The molecule has 11 rings (SSSR count). The first-order valence-corrected chi connectivity index (χ1v) is 19.1. The lowest BCUT2D eigenvalue weighted by Crippen LogP contribution is -2.00. The van der Waals surface area contributed by atoms with Crippen molar-refractivity contribution < 1.29 is 11.3 Å². The molecule has 0 spiro atoms. The van der Waals surface area contributed by atoms with E-state index in [-0.39, 0.29) is 23.0 Å². The Labute approximate surface area is 334 Å². The van der Waals surface area contributed by atoms with Gasteiger partial charge in [-0.25, -0.2) is 15.0 Å². The van der Waals surface area contributed by atoms with E-state index in [2.05, 4.69) is 84.9 Å². The maximum Gasteiger partial charge on any atom is 0.164 e. The molecule has 11 aromatic rings. The highest BCUT2D eigenvalue weighted by Crippen LogP contribution is 2.46. The molecule has 0 amide bonds. The van der Waals surface area contributed by atoms with E-state index in [9.17, 15) is 0 Å². The minimum atomic E-state index is -0.489. The fourth-order valence-corrected chi connectivity index (χ4v) is 8.99. The van der Waals surface area contributed by atoms with Crippen LogP contribution in [0.15, 0.2) is 192 Å². The normalized spacial score (nSPS) is 12.8. The molecule has 0 unspecified atom stereocenters. The number of aromatic nitrogens is 3. The van der Waals surface area contributed by atoms with Gasteiger partial charge in [0.25, 0.3) is 0 Å². The molecule has 0 N–H and O–H groups in total. The maximum absolute atomic E-state index is 8.84. The fourth-order valence-electron chi connectivity index (χ4n) is 7.62. The smallest absolute Gasteiger partial charge is 0.164 e. The van der Waals surface area contributed by atoms with Gasteiger partial charge in [-0.2, -0.15) is 0 Å². The Morgan fingerprint density at radius 2 is 0.929 bits per heavy atom. The predicted molar refractivity (Wildman–Crippen MR) is 233 cm³/mol. The number of hydrogen-bond acceptors (Lipinski definition) is 5. The summed E-state index contributed by atoms with van der Waals surface area (Å²) in [5.74, 6) is 0.521. The monoisotopic (exact) mass is 738 g/mol. The molecule has 262 valence electrons. The number of thiophene rings is 1. The number of rotatable bonds is 6. The number of nitrogens with zero attached hydrogens (tertiary/aromatic N) is 3. The second kappa shape index (κ2) is 13.3. The molecule has 0 atom stereocenters. The Hall–Kier alpha value is -7.21. The van der Waals surface area contributed by atoms with Crippen LogP contribution in [0.2, 0.25) is 0 Å². The lowest BCUT2D eigenvalue weighted by atomic mass is 9.91. The van der Waals surface area contributed by atoms with Crippen molar-refractivity contribution in [2.45, 2.75) is 0 Å². The Bertz CT molecular complexity index is 3520. The van der Waals surface area contributed by atoms with Crippen molar-refractivity contribution in [2.75, 3.05) is 0 Å². The lowest BCUT2D eigenvalue weighted by Gasteiger charge is -2.14. The Kier molecular flexibility index (Phi) is 6.49. The average molecular weight is 739 g/mol. The third-order valence-electron chi connectivity index (χ3n) is 10.3. The summed E-state index contributed by atoms with van der Waals surface area (Å²) >= 11 is 1.80. The molecule has 4 nitrogen and oxygen atoms in total. The first-order chi connectivity index (χ1) is 29.8. The van der Waals surface area contributed by atoms with E-state index in [1.54, 1.807) is 11.3 Å². The molecule has 0 saturated carbocycles. The summed E-state index contributed by atoms with van der Waals surface area (Å²) in [6, 6.07) is 51.2. The highest BCUT2D eigenvalue weighted by Gasteiger charge is 2.19. The van der Waals surface area contributed by atoms with Gasteiger partial charge < -0.3 is 4.42 Å². The highest BCUT2D eigenvalue weighted by molar-refractivity contribution is 7.26. The third-order valence-corrected chi connectivity index (χ3v) is 11.5. The number of fused-ring (bicyclic) bond motifs is 6. The molecule has 5 heteroatoms. The van der Waals surface area contributed by atoms with E-state index in [1.807, 2.05) is 72.8 Å². The Balaban J connectivity index is 1.13. The van der Waals surface area contributed by atoms with Gasteiger partial charge in [0.15, 0.2) is 17.5 Å².